The van der Waals surface area contributed by atoms with E-state index in [9.17, 15) is 21.6 Å². The Morgan fingerprint density at radius 3 is 2.37 bits per heavy atom. The highest BCUT2D eigenvalue weighted by atomic mass is 32.2. The van der Waals surface area contributed by atoms with E-state index in [1.165, 1.54) is 22.5 Å². The first-order chi connectivity index (χ1) is 14.1. The van der Waals surface area contributed by atoms with Crippen LogP contribution in [0.4, 0.5) is 30.4 Å². The molecule has 0 bridgehead atoms. The van der Waals surface area contributed by atoms with E-state index in [1.54, 1.807) is 37.3 Å². The van der Waals surface area contributed by atoms with Crippen molar-refractivity contribution >= 4 is 27.2 Å². The molecule has 0 fully saturated rings. The van der Waals surface area contributed by atoms with Gasteiger partial charge in [0.25, 0.3) is 10.0 Å². The van der Waals surface area contributed by atoms with Gasteiger partial charge in [-0.25, -0.2) is 13.4 Å². The van der Waals surface area contributed by atoms with E-state index >= 15 is 0 Å². The Morgan fingerprint density at radius 2 is 1.70 bits per heavy atom. The quantitative estimate of drug-likeness (QED) is 0.606. The second-order valence-electron chi connectivity index (χ2n) is 7.06. The lowest BCUT2D eigenvalue weighted by Gasteiger charge is -2.26. The van der Waals surface area contributed by atoms with Gasteiger partial charge in [-0.15, -0.1) is 0 Å². The molecule has 4 rings (SSSR count). The van der Waals surface area contributed by atoms with Crippen molar-refractivity contribution in [2.24, 2.45) is 0 Å². The van der Waals surface area contributed by atoms with Gasteiger partial charge in [0.05, 0.1) is 22.8 Å². The lowest BCUT2D eigenvalue weighted by Crippen LogP contribution is -2.31. The second-order valence-corrected chi connectivity index (χ2v) is 8.92. The molecule has 0 radical (unpaired) electrons. The number of hydrogen-bond donors (Lipinski definition) is 1. The number of nitrogens with one attached hydrogen (secondary N) is 1. The number of nitrogens with zero attached hydrogens (tertiary/aromatic N) is 2. The molecule has 1 N–H and O–H groups in total. The number of hydrogen-bond acceptors (Lipinski definition) is 4. The Morgan fingerprint density at radius 1 is 1.00 bits per heavy atom. The summed E-state index contributed by atoms with van der Waals surface area (Å²) in [4.78, 5) is 3.82. The van der Waals surface area contributed by atoms with E-state index < -0.39 is 21.9 Å². The molecule has 9 heteroatoms. The molecule has 0 aliphatic carbocycles. The molecule has 2 aromatic carbocycles. The monoisotopic (exact) mass is 433 g/mol. The summed E-state index contributed by atoms with van der Waals surface area (Å²) >= 11 is 0. The lowest BCUT2D eigenvalue weighted by molar-refractivity contribution is -0.141. The number of halogens is 3. The van der Waals surface area contributed by atoms with Gasteiger partial charge in [-0.2, -0.15) is 13.2 Å². The molecule has 0 spiro atoms. The molecule has 30 heavy (non-hydrogen) atoms. The summed E-state index contributed by atoms with van der Waals surface area (Å²) in [5.74, 6) is -0.0138. The summed E-state index contributed by atoms with van der Waals surface area (Å²) in [5, 5.41) is 2.92. The topological polar surface area (TPSA) is 62.3 Å². The van der Waals surface area contributed by atoms with Crippen LogP contribution in [0, 0.1) is 13.8 Å². The van der Waals surface area contributed by atoms with Gasteiger partial charge in [-0.05, 0) is 49.2 Å². The van der Waals surface area contributed by atoms with E-state index in [0.717, 1.165) is 11.6 Å². The van der Waals surface area contributed by atoms with Gasteiger partial charge in [0, 0.05) is 5.56 Å². The Kier molecular flexibility index (Phi) is 4.73. The number of aryl methyl sites for hydroxylation is 1. The average molecular weight is 433 g/mol. The third kappa shape index (κ3) is 3.39. The van der Waals surface area contributed by atoms with E-state index in [4.69, 9.17) is 0 Å². The van der Waals surface area contributed by atoms with Gasteiger partial charge in [-0.1, -0.05) is 30.3 Å². The van der Waals surface area contributed by atoms with Crippen LogP contribution in [0.2, 0.25) is 0 Å². The van der Waals surface area contributed by atoms with Crippen molar-refractivity contribution in [3.63, 3.8) is 0 Å². The zero-order chi connectivity index (χ0) is 21.7. The van der Waals surface area contributed by atoms with Crippen LogP contribution < -0.4 is 9.62 Å². The summed E-state index contributed by atoms with van der Waals surface area (Å²) in [7, 11) is -3.98. The molecule has 0 unspecified atom stereocenters. The van der Waals surface area contributed by atoms with E-state index in [-0.39, 0.29) is 17.3 Å². The van der Waals surface area contributed by atoms with Crippen molar-refractivity contribution in [2.75, 3.05) is 9.62 Å². The average Bonchev–Trinajstić information content (AvgIpc) is 2.87. The first kappa shape index (κ1) is 20.2. The van der Waals surface area contributed by atoms with Crippen LogP contribution in [0.25, 0.3) is 0 Å². The van der Waals surface area contributed by atoms with E-state index in [2.05, 4.69) is 10.3 Å². The molecular weight excluding hydrogens is 415 g/mol. The zero-order valence-corrected chi connectivity index (χ0v) is 17.0. The van der Waals surface area contributed by atoms with Crippen LogP contribution in [0.1, 0.15) is 22.4 Å². The summed E-state index contributed by atoms with van der Waals surface area (Å²) in [6.07, 6.45) is -4.61. The van der Waals surface area contributed by atoms with Gasteiger partial charge in [0.2, 0.25) is 0 Å². The molecule has 0 saturated carbocycles. The van der Waals surface area contributed by atoms with E-state index in [1.807, 2.05) is 6.92 Å². The molecule has 0 atom stereocenters. The van der Waals surface area contributed by atoms with Gasteiger partial charge in [-0.3, -0.25) is 4.31 Å². The summed E-state index contributed by atoms with van der Waals surface area (Å²) in [6.45, 7) is 3.48. The third-order valence-electron chi connectivity index (χ3n) is 5.12. The maximum absolute atomic E-state index is 13.5. The summed E-state index contributed by atoms with van der Waals surface area (Å²) in [6, 6.07) is 13.5. The van der Waals surface area contributed by atoms with Gasteiger partial charge in [0.1, 0.15) is 11.5 Å². The highest BCUT2D eigenvalue weighted by Gasteiger charge is 2.36. The van der Waals surface area contributed by atoms with Gasteiger partial charge < -0.3 is 5.32 Å². The highest BCUT2D eigenvalue weighted by molar-refractivity contribution is 7.92. The van der Waals surface area contributed by atoms with Crippen molar-refractivity contribution in [3.05, 3.63) is 77.0 Å². The Balaban J connectivity index is 1.95. The number of pyridine rings is 1. The molecule has 0 saturated heterocycles. The minimum atomic E-state index is -4.61. The van der Waals surface area contributed by atoms with Crippen LogP contribution in [0.3, 0.4) is 0 Å². The number of anilines is 3. The van der Waals surface area contributed by atoms with Crippen LogP contribution in [0.15, 0.2) is 59.5 Å². The molecule has 1 aromatic heterocycles. The van der Waals surface area contributed by atoms with Crippen molar-refractivity contribution in [1.82, 2.24) is 4.98 Å². The van der Waals surface area contributed by atoms with Crippen molar-refractivity contribution in [2.45, 2.75) is 31.5 Å². The van der Waals surface area contributed by atoms with Crippen molar-refractivity contribution in [3.8, 4) is 0 Å². The SMILES string of the molecule is Cc1ccc2c(c1C)N(S(=O)(=O)c1ccccc1)Cc1ccc(C(F)(F)F)nc1N2. The van der Waals surface area contributed by atoms with Crippen LogP contribution in [0.5, 0.6) is 0 Å². The number of fused-ring (bicyclic) bond motifs is 2. The first-order valence-corrected chi connectivity index (χ1v) is 10.5. The number of benzene rings is 2. The highest BCUT2D eigenvalue weighted by Crippen LogP contribution is 2.42. The predicted octanol–water partition coefficient (Wildman–Crippen LogP) is 5.17. The number of aromatic nitrogens is 1. The molecule has 5 nitrogen and oxygen atoms in total. The first-order valence-electron chi connectivity index (χ1n) is 9.11. The molecule has 3 aromatic rings. The summed E-state index contributed by atoms with van der Waals surface area (Å²) < 4.78 is 67.7. The zero-order valence-electron chi connectivity index (χ0n) is 16.2. The second kappa shape index (κ2) is 7.02. The number of rotatable bonds is 2. The maximum Gasteiger partial charge on any atom is 0.433 e. The molecular formula is C21H18F3N3O2S. The van der Waals surface area contributed by atoms with Crippen LogP contribution in [-0.2, 0) is 22.7 Å². The fourth-order valence-electron chi connectivity index (χ4n) is 3.39. The maximum atomic E-state index is 13.5. The number of alkyl halides is 3. The Labute approximate surface area is 172 Å². The predicted molar refractivity (Wildman–Crippen MR) is 108 cm³/mol. The fourth-order valence-corrected chi connectivity index (χ4v) is 4.93. The van der Waals surface area contributed by atoms with Crippen LogP contribution >= 0.6 is 0 Å². The largest absolute Gasteiger partial charge is 0.433 e. The van der Waals surface area contributed by atoms with Crippen molar-refractivity contribution in [1.29, 1.82) is 0 Å². The normalized spacial score (nSPS) is 13.8. The smallest absolute Gasteiger partial charge is 0.338 e. The standard InChI is InChI=1S/C21H18F3N3O2S/c1-13-8-10-17-19(14(13)2)27(30(28,29)16-6-4-3-5-7-16)12-15-9-11-18(21(22,23)24)26-20(15)25-17/h3-11H,12H2,1-2H3,(H,25,26). The minimum Gasteiger partial charge on any atom is -0.338 e. The molecule has 0 amide bonds. The molecule has 1 aliphatic heterocycles. The van der Waals surface area contributed by atoms with Gasteiger partial charge in [0.15, 0.2) is 0 Å². The lowest BCUT2D eigenvalue weighted by atomic mass is 10.1. The van der Waals surface area contributed by atoms with Crippen molar-refractivity contribution < 1.29 is 21.6 Å². The molecule has 156 valence electrons. The number of sulfonamides is 1. The van der Waals surface area contributed by atoms with Crippen LogP contribution in [-0.4, -0.2) is 13.4 Å². The molecule has 2 heterocycles. The fraction of sp³-hybridized carbons (Fsp3) is 0.190. The van der Waals surface area contributed by atoms with E-state index in [0.29, 0.717) is 22.5 Å². The third-order valence-corrected chi connectivity index (χ3v) is 6.88. The van der Waals surface area contributed by atoms with Gasteiger partial charge >= 0.3 is 6.18 Å². The Bertz CT molecular complexity index is 1230. The minimum absolute atomic E-state index is 0.0138. The summed E-state index contributed by atoms with van der Waals surface area (Å²) in [5.41, 5.74) is 1.64. The Hall–Kier alpha value is -3.07. The molecule has 1 aliphatic rings.